The Morgan fingerprint density at radius 2 is 0.520 bits per heavy atom. The fourth-order valence-electron chi connectivity index (χ4n) is 5.88. The zero-order valence-electron chi connectivity index (χ0n) is 28.8. The van der Waals surface area contributed by atoms with Gasteiger partial charge in [-0.3, -0.25) is 0 Å². The molecular formula is C37H48O12Si. The van der Waals surface area contributed by atoms with Crippen molar-refractivity contribution in [1.29, 1.82) is 0 Å². The standard InChI is InChI=1S/C37H48O12Si/c1-50(29-2-5-32-35(26-29)47-23-17-41-11-8-38-14-20-44-32,30-3-6-33-36(27-30)48-24-18-42-12-9-39-15-21-45-33)31-4-7-34-37(28-31)49-25-19-43-13-10-40-16-22-46-34/h2-7,26-28H,8-25H2,1H3. The summed E-state index contributed by atoms with van der Waals surface area (Å²) in [5, 5.41) is 3.29. The summed E-state index contributed by atoms with van der Waals surface area (Å²) < 4.78 is 71.3. The summed E-state index contributed by atoms with van der Waals surface area (Å²) in [6, 6.07) is 18.6. The zero-order chi connectivity index (χ0) is 34.3. The van der Waals surface area contributed by atoms with Crippen molar-refractivity contribution >= 4 is 23.6 Å². The van der Waals surface area contributed by atoms with E-state index in [0.29, 0.717) is 153 Å². The van der Waals surface area contributed by atoms with Crippen LogP contribution in [0.1, 0.15) is 0 Å². The molecule has 0 saturated carbocycles. The van der Waals surface area contributed by atoms with Gasteiger partial charge < -0.3 is 56.8 Å². The maximum Gasteiger partial charge on any atom is 0.161 e. The summed E-state index contributed by atoms with van der Waals surface area (Å²) in [5.41, 5.74) is 0. The van der Waals surface area contributed by atoms with Gasteiger partial charge in [0.15, 0.2) is 34.5 Å². The fourth-order valence-corrected chi connectivity index (χ4v) is 9.39. The van der Waals surface area contributed by atoms with Crippen LogP contribution in [0, 0.1) is 0 Å². The Bertz CT molecular complexity index is 1310. The van der Waals surface area contributed by atoms with Gasteiger partial charge in [-0.05, 0) is 52.0 Å². The number of hydrogen-bond donors (Lipinski definition) is 0. The Morgan fingerprint density at radius 1 is 0.300 bits per heavy atom. The summed E-state index contributed by atoms with van der Waals surface area (Å²) >= 11 is 0. The van der Waals surface area contributed by atoms with Crippen LogP contribution in [0.4, 0.5) is 0 Å². The molecular weight excluding hydrogens is 664 g/mol. The molecule has 0 N–H and O–H groups in total. The van der Waals surface area contributed by atoms with Crippen LogP contribution in [0.2, 0.25) is 6.55 Å². The third kappa shape index (κ3) is 9.81. The van der Waals surface area contributed by atoms with E-state index < -0.39 is 8.07 Å². The van der Waals surface area contributed by atoms with Crippen LogP contribution in [0.3, 0.4) is 0 Å². The normalized spacial score (nSPS) is 19.1. The van der Waals surface area contributed by atoms with E-state index >= 15 is 0 Å². The predicted molar refractivity (Wildman–Crippen MR) is 188 cm³/mol. The minimum absolute atomic E-state index is 0.379. The number of benzene rings is 3. The molecule has 3 aliphatic heterocycles. The van der Waals surface area contributed by atoms with Crippen molar-refractivity contribution in [2.75, 3.05) is 119 Å². The second-order valence-corrected chi connectivity index (χ2v) is 15.9. The monoisotopic (exact) mass is 712 g/mol. The highest BCUT2D eigenvalue weighted by Crippen LogP contribution is 2.32. The predicted octanol–water partition coefficient (Wildman–Crippen LogP) is 2.20. The molecule has 0 aromatic heterocycles. The van der Waals surface area contributed by atoms with Crippen molar-refractivity contribution in [3.8, 4) is 34.5 Å². The Morgan fingerprint density at radius 3 is 0.780 bits per heavy atom. The largest absolute Gasteiger partial charge is 0.487 e. The molecule has 0 saturated heterocycles. The van der Waals surface area contributed by atoms with Gasteiger partial charge in [-0.15, -0.1) is 0 Å². The van der Waals surface area contributed by atoms with Crippen molar-refractivity contribution in [3.05, 3.63) is 54.6 Å². The molecule has 0 bridgehead atoms. The first-order chi connectivity index (χ1) is 24.7. The second-order valence-electron chi connectivity index (χ2n) is 11.9. The van der Waals surface area contributed by atoms with Crippen LogP contribution in [-0.4, -0.2) is 127 Å². The third-order valence-electron chi connectivity index (χ3n) is 8.59. The molecule has 0 unspecified atom stereocenters. The first-order valence-corrected chi connectivity index (χ1v) is 19.9. The summed E-state index contributed by atoms with van der Waals surface area (Å²) in [4.78, 5) is 0. The molecule has 0 spiro atoms. The third-order valence-corrected chi connectivity index (χ3v) is 13.0. The Balaban J connectivity index is 1.42. The number of hydrogen-bond acceptors (Lipinski definition) is 12. The SMILES string of the molecule is C[Si](c1ccc2c(c1)OCCOCCOCCO2)(c1ccc2c(c1)OCCOCCOCCO2)c1ccc2c(c1)OCCOCCOCCO2. The summed E-state index contributed by atoms with van der Waals surface area (Å²) in [7, 11) is -2.84. The van der Waals surface area contributed by atoms with Crippen molar-refractivity contribution in [3.63, 3.8) is 0 Å². The Kier molecular flexibility index (Phi) is 13.9. The molecule has 3 heterocycles. The van der Waals surface area contributed by atoms with Crippen LogP contribution < -0.4 is 44.0 Å². The van der Waals surface area contributed by atoms with Gasteiger partial charge in [-0.25, -0.2) is 0 Å². The molecule has 0 radical (unpaired) electrons. The topological polar surface area (TPSA) is 111 Å². The lowest BCUT2D eigenvalue weighted by molar-refractivity contribution is 0.0223. The summed E-state index contributed by atoms with van der Waals surface area (Å²) in [6.45, 7) is 10.4. The molecule has 50 heavy (non-hydrogen) atoms. The summed E-state index contributed by atoms with van der Waals surface area (Å²) in [5.74, 6) is 3.91. The van der Waals surface area contributed by atoms with Crippen LogP contribution >= 0.6 is 0 Å². The minimum atomic E-state index is -2.84. The van der Waals surface area contributed by atoms with Gasteiger partial charge in [0.25, 0.3) is 0 Å². The van der Waals surface area contributed by atoms with Crippen molar-refractivity contribution < 1.29 is 56.8 Å². The first kappa shape index (κ1) is 36.2. The minimum Gasteiger partial charge on any atom is -0.487 e. The highest BCUT2D eigenvalue weighted by atomic mass is 28.3. The lowest BCUT2D eigenvalue weighted by atomic mass is 10.3. The average molecular weight is 713 g/mol. The van der Waals surface area contributed by atoms with Crippen LogP contribution in [-0.2, 0) is 28.4 Å². The second kappa shape index (κ2) is 19.2. The molecule has 12 nitrogen and oxygen atoms in total. The maximum atomic E-state index is 6.30. The van der Waals surface area contributed by atoms with Crippen molar-refractivity contribution in [1.82, 2.24) is 0 Å². The number of rotatable bonds is 3. The van der Waals surface area contributed by atoms with Crippen LogP contribution in [0.25, 0.3) is 0 Å². The highest BCUT2D eigenvalue weighted by molar-refractivity contribution is 7.10. The van der Waals surface area contributed by atoms with E-state index in [2.05, 4.69) is 42.9 Å². The molecule has 0 aliphatic carbocycles. The van der Waals surface area contributed by atoms with E-state index in [1.54, 1.807) is 0 Å². The molecule has 0 fully saturated rings. The van der Waals surface area contributed by atoms with Gasteiger partial charge in [0.1, 0.15) is 47.7 Å². The van der Waals surface area contributed by atoms with Gasteiger partial charge in [0, 0.05) is 0 Å². The Labute approximate surface area is 294 Å². The number of ether oxygens (including phenoxy) is 12. The quantitative estimate of drug-likeness (QED) is 0.294. The smallest absolute Gasteiger partial charge is 0.161 e. The van der Waals surface area contributed by atoms with E-state index in [4.69, 9.17) is 56.8 Å². The Hall–Kier alpha value is -3.56. The van der Waals surface area contributed by atoms with E-state index in [1.165, 1.54) is 0 Å². The molecule has 272 valence electrons. The lowest BCUT2D eigenvalue weighted by Crippen LogP contribution is -2.64. The highest BCUT2D eigenvalue weighted by Gasteiger charge is 2.37. The van der Waals surface area contributed by atoms with E-state index in [1.807, 2.05) is 18.2 Å². The van der Waals surface area contributed by atoms with Crippen LogP contribution in [0.5, 0.6) is 34.5 Å². The van der Waals surface area contributed by atoms with E-state index in [0.717, 1.165) is 15.6 Å². The molecule has 3 aromatic rings. The molecule has 6 rings (SSSR count). The zero-order valence-corrected chi connectivity index (χ0v) is 29.8. The van der Waals surface area contributed by atoms with Gasteiger partial charge in [-0.1, -0.05) is 24.7 Å². The molecule has 13 heteroatoms. The molecule has 3 aromatic carbocycles. The molecule has 0 atom stereocenters. The van der Waals surface area contributed by atoms with Crippen molar-refractivity contribution in [2.45, 2.75) is 6.55 Å². The maximum absolute atomic E-state index is 6.30. The van der Waals surface area contributed by atoms with Gasteiger partial charge >= 0.3 is 0 Å². The lowest BCUT2D eigenvalue weighted by Gasteiger charge is -2.31. The molecule has 3 aliphatic rings. The van der Waals surface area contributed by atoms with Gasteiger partial charge in [0.2, 0.25) is 0 Å². The van der Waals surface area contributed by atoms with E-state index in [9.17, 15) is 0 Å². The van der Waals surface area contributed by atoms with E-state index in [-0.39, 0.29) is 0 Å². The number of fused-ring (bicyclic) bond motifs is 3. The molecule has 0 amide bonds. The fraction of sp³-hybridized carbons (Fsp3) is 0.514. The van der Waals surface area contributed by atoms with Gasteiger partial charge in [-0.2, -0.15) is 0 Å². The first-order valence-electron chi connectivity index (χ1n) is 17.4. The van der Waals surface area contributed by atoms with Crippen LogP contribution in [0.15, 0.2) is 54.6 Å². The van der Waals surface area contributed by atoms with Crippen molar-refractivity contribution in [2.24, 2.45) is 0 Å². The average Bonchev–Trinajstić information content (AvgIpc) is 3.12. The van der Waals surface area contributed by atoms with Gasteiger partial charge in [0.05, 0.1) is 79.3 Å². The summed E-state index contributed by atoms with van der Waals surface area (Å²) in [6.07, 6.45) is 0.